The van der Waals surface area contributed by atoms with E-state index in [0.29, 0.717) is 0 Å². The summed E-state index contributed by atoms with van der Waals surface area (Å²) in [7, 11) is 0. The van der Waals surface area contributed by atoms with Crippen LogP contribution in [0, 0.1) is 10.1 Å². The Morgan fingerprint density at radius 1 is 1.47 bits per heavy atom. The number of rotatable bonds is 4. The molecule has 1 N–H and O–H groups in total. The van der Waals surface area contributed by atoms with Gasteiger partial charge >= 0.3 is 0 Å². The Morgan fingerprint density at radius 3 is 2.40 bits per heavy atom. The van der Waals surface area contributed by atoms with Gasteiger partial charge in [-0.3, -0.25) is 10.1 Å². The van der Waals surface area contributed by atoms with Crippen LogP contribution < -0.4 is 0 Å². The van der Waals surface area contributed by atoms with Crippen LogP contribution in [0.2, 0.25) is 0 Å². The minimum Gasteiger partial charge on any atom is -0.306 e. The van der Waals surface area contributed by atoms with Crippen LogP contribution in [0.4, 0.5) is 5.69 Å². The van der Waals surface area contributed by atoms with Gasteiger partial charge in [-0.2, -0.15) is 0 Å². The summed E-state index contributed by atoms with van der Waals surface area (Å²) in [5, 5.41) is 10.4. The van der Waals surface area contributed by atoms with Gasteiger partial charge in [0.2, 0.25) is 0 Å². The highest BCUT2D eigenvalue weighted by atomic mass is 32.2. The minimum atomic E-state index is -1.84. The van der Waals surface area contributed by atoms with E-state index in [-0.39, 0.29) is 17.4 Å². The van der Waals surface area contributed by atoms with Crippen molar-refractivity contribution in [2.24, 2.45) is 0 Å². The smallest absolute Gasteiger partial charge is 0.269 e. The van der Waals surface area contributed by atoms with Crippen LogP contribution >= 0.6 is 0 Å². The van der Waals surface area contributed by atoms with Crippen molar-refractivity contribution < 1.29 is 13.7 Å². The molecule has 2 unspecified atom stereocenters. The van der Waals surface area contributed by atoms with Crippen LogP contribution in [-0.2, 0) is 11.1 Å². The molecule has 0 saturated heterocycles. The number of benzene rings is 1. The Kier molecular flexibility index (Phi) is 3.93. The van der Waals surface area contributed by atoms with Gasteiger partial charge in [0, 0.05) is 12.1 Å². The van der Waals surface area contributed by atoms with Crippen molar-refractivity contribution in [3.8, 4) is 0 Å². The number of nitro groups is 1. The van der Waals surface area contributed by atoms with Crippen LogP contribution in [0.5, 0.6) is 0 Å². The predicted molar refractivity (Wildman–Crippen MR) is 57.1 cm³/mol. The summed E-state index contributed by atoms with van der Waals surface area (Å²) < 4.78 is 19.3. The van der Waals surface area contributed by atoms with Crippen LogP contribution in [0.3, 0.4) is 0 Å². The Bertz CT molecular complexity index is 376. The molecule has 0 aromatic heterocycles. The van der Waals surface area contributed by atoms with Crippen molar-refractivity contribution in [1.82, 2.24) is 0 Å². The molecule has 0 heterocycles. The molecule has 1 aromatic carbocycles. The normalized spacial score (nSPS) is 14.5. The predicted octanol–water partition coefficient (Wildman–Crippen LogP) is 1.92. The Morgan fingerprint density at radius 2 is 2.00 bits per heavy atom. The molecular formula is C9H11NO4S. The summed E-state index contributed by atoms with van der Waals surface area (Å²) in [4.78, 5) is 9.90. The van der Waals surface area contributed by atoms with Gasteiger partial charge in [-0.1, -0.05) is 19.1 Å². The van der Waals surface area contributed by atoms with E-state index in [1.165, 1.54) is 12.1 Å². The molecule has 1 rings (SSSR count). The van der Waals surface area contributed by atoms with Gasteiger partial charge in [-0.05, 0) is 11.5 Å². The molecule has 0 fully saturated rings. The molecule has 0 bridgehead atoms. The number of hydrogen-bond donors (Lipinski definition) is 1. The second kappa shape index (κ2) is 4.99. The number of nitro benzene ring substituents is 1. The van der Waals surface area contributed by atoms with Crippen LogP contribution in [0.15, 0.2) is 24.3 Å². The van der Waals surface area contributed by atoms with Crippen molar-refractivity contribution in [1.29, 1.82) is 0 Å². The summed E-state index contributed by atoms with van der Waals surface area (Å²) >= 11 is -1.84. The van der Waals surface area contributed by atoms with Gasteiger partial charge in [-0.15, -0.1) is 0 Å². The highest BCUT2D eigenvalue weighted by Crippen LogP contribution is 2.19. The molecule has 2 atom stereocenters. The maximum Gasteiger partial charge on any atom is 0.269 e. The lowest BCUT2D eigenvalue weighted by Crippen LogP contribution is -2.05. The largest absolute Gasteiger partial charge is 0.306 e. The fraction of sp³-hybridized carbons (Fsp3) is 0.333. The highest BCUT2D eigenvalue weighted by Gasteiger charge is 2.10. The Labute approximate surface area is 89.6 Å². The van der Waals surface area contributed by atoms with Gasteiger partial charge < -0.3 is 4.55 Å². The zero-order chi connectivity index (χ0) is 11.4. The van der Waals surface area contributed by atoms with E-state index in [1.54, 1.807) is 19.1 Å². The molecule has 0 amide bonds. The molecule has 15 heavy (non-hydrogen) atoms. The molecular weight excluding hydrogens is 218 g/mol. The third-order valence-corrected chi connectivity index (χ3v) is 2.85. The second-order valence-electron chi connectivity index (χ2n) is 3.24. The zero-order valence-corrected chi connectivity index (χ0v) is 8.94. The fourth-order valence-corrected chi connectivity index (χ4v) is 1.85. The van der Waals surface area contributed by atoms with Crippen molar-refractivity contribution in [2.45, 2.75) is 12.8 Å². The lowest BCUT2D eigenvalue weighted by Gasteiger charge is -2.08. The molecule has 1 aromatic rings. The van der Waals surface area contributed by atoms with Gasteiger partial charge in [0.1, 0.15) is 0 Å². The quantitative estimate of drug-likeness (QED) is 0.486. The molecule has 82 valence electrons. The Balaban J connectivity index is 2.79. The lowest BCUT2D eigenvalue weighted by molar-refractivity contribution is -0.384. The maximum atomic E-state index is 10.6. The second-order valence-corrected chi connectivity index (χ2v) is 4.21. The van der Waals surface area contributed by atoms with E-state index in [9.17, 15) is 14.3 Å². The first kappa shape index (κ1) is 11.8. The summed E-state index contributed by atoms with van der Waals surface area (Å²) in [6.07, 6.45) is 0. The number of hydrogen-bond acceptors (Lipinski definition) is 3. The number of non-ortho nitro benzene ring substituents is 1. The summed E-state index contributed by atoms with van der Waals surface area (Å²) in [6, 6.07) is 6.00. The monoisotopic (exact) mass is 229 g/mol. The van der Waals surface area contributed by atoms with Gasteiger partial charge in [0.15, 0.2) is 11.1 Å². The third-order valence-electron chi connectivity index (χ3n) is 2.07. The SMILES string of the molecule is CC(CS(=O)O)c1ccc([N+](=O)[O-])cc1. The van der Waals surface area contributed by atoms with E-state index < -0.39 is 16.0 Å². The Hall–Kier alpha value is -1.27. The summed E-state index contributed by atoms with van der Waals surface area (Å²) in [5.41, 5.74) is 0.846. The first-order valence-electron chi connectivity index (χ1n) is 4.32. The first-order chi connectivity index (χ1) is 7.00. The average molecular weight is 229 g/mol. The standard InChI is InChI=1S/C9H11NO4S/c1-7(6-15(13)14)8-2-4-9(5-3-8)10(11)12/h2-5,7H,6H2,1H3,(H,13,14). The molecule has 0 saturated carbocycles. The molecule has 0 aliphatic carbocycles. The minimum absolute atomic E-state index is 0.0241. The maximum absolute atomic E-state index is 10.6. The van der Waals surface area contributed by atoms with E-state index in [1.807, 2.05) is 0 Å². The lowest BCUT2D eigenvalue weighted by atomic mass is 10.0. The fourth-order valence-electron chi connectivity index (χ4n) is 1.23. The van der Waals surface area contributed by atoms with Crippen molar-refractivity contribution in [2.75, 3.05) is 5.75 Å². The number of nitrogens with zero attached hydrogens (tertiary/aromatic N) is 1. The topological polar surface area (TPSA) is 80.4 Å². The van der Waals surface area contributed by atoms with Crippen molar-refractivity contribution >= 4 is 16.8 Å². The first-order valence-corrected chi connectivity index (χ1v) is 5.60. The molecule has 5 nitrogen and oxygen atoms in total. The van der Waals surface area contributed by atoms with Gasteiger partial charge in [-0.25, -0.2) is 4.21 Å². The van der Waals surface area contributed by atoms with Crippen LogP contribution in [0.1, 0.15) is 18.4 Å². The third kappa shape index (κ3) is 3.41. The molecule has 6 heteroatoms. The summed E-state index contributed by atoms with van der Waals surface area (Å²) in [5.74, 6) is 0.0503. The highest BCUT2D eigenvalue weighted by molar-refractivity contribution is 7.79. The molecule has 0 spiro atoms. The van der Waals surface area contributed by atoms with E-state index in [2.05, 4.69) is 0 Å². The average Bonchev–Trinajstić information content (AvgIpc) is 2.17. The summed E-state index contributed by atoms with van der Waals surface area (Å²) in [6.45, 7) is 1.80. The molecule has 0 radical (unpaired) electrons. The van der Waals surface area contributed by atoms with E-state index >= 15 is 0 Å². The van der Waals surface area contributed by atoms with Crippen LogP contribution in [-0.4, -0.2) is 19.4 Å². The van der Waals surface area contributed by atoms with Crippen molar-refractivity contribution in [3.05, 3.63) is 39.9 Å². The molecule has 0 aliphatic rings. The van der Waals surface area contributed by atoms with Crippen molar-refractivity contribution in [3.63, 3.8) is 0 Å². The van der Waals surface area contributed by atoms with Gasteiger partial charge in [0.05, 0.1) is 10.7 Å². The zero-order valence-electron chi connectivity index (χ0n) is 8.12. The van der Waals surface area contributed by atoms with Crippen LogP contribution in [0.25, 0.3) is 0 Å². The van der Waals surface area contributed by atoms with E-state index in [0.717, 1.165) is 5.56 Å². The molecule has 0 aliphatic heterocycles. The van der Waals surface area contributed by atoms with Gasteiger partial charge in [0.25, 0.3) is 5.69 Å². The van der Waals surface area contributed by atoms with E-state index in [4.69, 9.17) is 4.55 Å².